The highest BCUT2D eigenvalue weighted by molar-refractivity contribution is 5.88. The summed E-state index contributed by atoms with van der Waals surface area (Å²) in [4.78, 5) is 19.3. The molecule has 0 unspecified atom stereocenters. The molecule has 0 aromatic heterocycles. The molecule has 3 saturated heterocycles. The molecule has 5 N–H and O–H groups in total. The van der Waals surface area contributed by atoms with E-state index >= 15 is 0 Å². The largest absolute Gasteiger partial charge is 0.459 e. The van der Waals surface area contributed by atoms with Gasteiger partial charge in [-0.05, 0) is 67.2 Å². The number of nitrogens with zero attached hydrogens (tertiary/aromatic N) is 1. The highest BCUT2D eigenvalue weighted by Gasteiger charge is 2.52. The van der Waals surface area contributed by atoms with Crippen molar-refractivity contribution < 1.29 is 63.6 Å². The Kier molecular flexibility index (Phi) is 14.7. The van der Waals surface area contributed by atoms with Crippen LogP contribution in [0.15, 0.2) is 5.16 Å². The molecule has 3 aliphatic heterocycles. The van der Waals surface area contributed by atoms with E-state index in [0.717, 1.165) is 0 Å². The van der Waals surface area contributed by atoms with Crippen LogP contribution in [0.1, 0.15) is 101 Å². The van der Waals surface area contributed by atoms with Crippen LogP contribution in [-0.2, 0) is 38.1 Å². The average molecular weight is 720 g/mol. The predicted octanol–water partition coefficient (Wildman–Crippen LogP) is 2.68. The van der Waals surface area contributed by atoms with Gasteiger partial charge in [0.15, 0.2) is 12.6 Å². The van der Waals surface area contributed by atoms with Gasteiger partial charge in [0.25, 0.3) is 0 Å². The van der Waals surface area contributed by atoms with Gasteiger partial charge in [0.1, 0.15) is 31.0 Å². The van der Waals surface area contributed by atoms with Crippen LogP contribution in [0.25, 0.3) is 0 Å². The van der Waals surface area contributed by atoms with Crippen molar-refractivity contribution in [3.05, 3.63) is 0 Å². The number of oxime groups is 1. The minimum absolute atomic E-state index is 0.0371. The van der Waals surface area contributed by atoms with Gasteiger partial charge in [-0.3, -0.25) is 4.79 Å². The number of carbonyl (C=O) groups excluding carboxylic acids is 1. The summed E-state index contributed by atoms with van der Waals surface area (Å²) >= 11 is 0. The molecule has 0 aliphatic carbocycles. The molecule has 3 heterocycles. The molecule has 0 radical (unpaired) electrons. The van der Waals surface area contributed by atoms with Crippen molar-refractivity contribution in [2.45, 2.75) is 180 Å². The van der Waals surface area contributed by atoms with Gasteiger partial charge in [-0.2, -0.15) is 0 Å². The van der Waals surface area contributed by atoms with E-state index in [-0.39, 0.29) is 25.4 Å². The second-order valence-corrected chi connectivity index (χ2v) is 15.7. The van der Waals surface area contributed by atoms with Crippen molar-refractivity contribution in [3.8, 4) is 0 Å². The second kappa shape index (κ2) is 17.1. The first kappa shape index (κ1) is 42.9. The number of hydrogen-bond donors (Lipinski definition) is 5. The molecule has 0 aromatic rings. The molecule has 50 heavy (non-hydrogen) atoms. The normalized spacial score (nSPS) is 49.6. The molecule has 3 rings (SSSR count). The third-order valence-corrected chi connectivity index (χ3v) is 11.3. The summed E-state index contributed by atoms with van der Waals surface area (Å²) in [6, 6.07) is 0. The number of esters is 1. The zero-order valence-electron chi connectivity index (χ0n) is 32.1. The Bertz CT molecular complexity index is 1140. The smallest absolute Gasteiger partial charge is 0.311 e. The van der Waals surface area contributed by atoms with Crippen molar-refractivity contribution >= 4 is 11.7 Å². The fraction of sp³-hybridized carbons (Fsp3) is 0.944. The quantitative estimate of drug-likeness (QED) is 0.191. The molecule has 0 saturated carbocycles. The molecule has 0 spiro atoms. The lowest BCUT2D eigenvalue weighted by atomic mass is 9.73. The number of rotatable bonds is 7. The number of cyclic esters (lactones) is 1. The maximum Gasteiger partial charge on any atom is 0.311 e. The molecular formula is C36H65NO13. The Morgan fingerprint density at radius 3 is 2.10 bits per heavy atom. The number of aliphatic hydroxyl groups excluding tert-OH is 3. The summed E-state index contributed by atoms with van der Waals surface area (Å²) in [5.74, 6) is -3.82. The van der Waals surface area contributed by atoms with E-state index in [2.05, 4.69) is 5.16 Å². The molecule has 0 amide bonds. The Balaban J connectivity index is 2.20. The Hall–Kier alpha value is -1.46. The average Bonchev–Trinajstić information content (AvgIpc) is 3.05. The first-order valence-corrected chi connectivity index (χ1v) is 18.1. The number of hydrogen-bond acceptors (Lipinski definition) is 14. The molecule has 14 nitrogen and oxygen atoms in total. The number of aliphatic hydroxyl groups is 5. The van der Waals surface area contributed by atoms with E-state index in [9.17, 15) is 30.3 Å². The van der Waals surface area contributed by atoms with E-state index in [1.807, 2.05) is 13.8 Å². The molecule has 17 atom stereocenters. The van der Waals surface area contributed by atoms with Crippen LogP contribution in [0, 0.1) is 23.7 Å². The van der Waals surface area contributed by atoms with Crippen molar-refractivity contribution in [2.24, 2.45) is 28.8 Å². The van der Waals surface area contributed by atoms with Gasteiger partial charge in [0.05, 0.1) is 53.4 Å². The lowest BCUT2D eigenvalue weighted by Gasteiger charge is -2.48. The zero-order valence-corrected chi connectivity index (χ0v) is 32.1. The van der Waals surface area contributed by atoms with E-state index in [4.69, 9.17) is 33.3 Å². The molecule has 0 aromatic carbocycles. The van der Waals surface area contributed by atoms with E-state index < -0.39 is 102 Å². The topological polar surface area (TPSA) is 195 Å². The van der Waals surface area contributed by atoms with E-state index in [0.29, 0.717) is 18.6 Å². The molecule has 3 aliphatic rings. The van der Waals surface area contributed by atoms with Crippen LogP contribution in [0.2, 0.25) is 0 Å². The van der Waals surface area contributed by atoms with Crippen LogP contribution >= 0.6 is 0 Å². The number of ether oxygens (including phenoxy) is 6. The van der Waals surface area contributed by atoms with Gasteiger partial charge < -0.3 is 58.8 Å². The Morgan fingerprint density at radius 1 is 0.880 bits per heavy atom. The summed E-state index contributed by atoms with van der Waals surface area (Å²) in [5.41, 5.74) is -4.24. The lowest BCUT2D eigenvalue weighted by Crippen LogP contribution is -2.60. The molecule has 0 bridgehead atoms. The first-order chi connectivity index (χ1) is 23.1. The molecule has 292 valence electrons. The standard InChI is InChI=1S/C36H65NO13/c1-13-25-36(10,43)29(39)20(4)27(37-45-12)18(2)16-34(8,42)31(50-33-24(38)15-14-19(3)46-33)21(5)28(22(6)32(41)48-25)49-26-17-35(9,44-11)30(40)23(7)47-26/h18-26,28-31,33,38-40,42-43H,13-17H2,1-12H3/b37-27+/t18-,19-,20+,21+,22-,23+,24-,25-,26+,28+,29-,30+,31+,33+,34-,35-,36-/m1/s1. The summed E-state index contributed by atoms with van der Waals surface area (Å²) in [7, 11) is 2.87. The van der Waals surface area contributed by atoms with E-state index in [1.54, 1.807) is 48.5 Å². The molecular weight excluding hydrogens is 654 g/mol. The number of carbonyl (C=O) groups is 1. The van der Waals surface area contributed by atoms with Crippen molar-refractivity contribution in [1.29, 1.82) is 0 Å². The van der Waals surface area contributed by atoms with Crippen LogP contribution in [0.5, 0.6) is 0 Å². The maximum absolute atomic E-state index is 14.1. The SMILES string of the molecule is CC[C@H]1OC(=O)[C@H](C)[C@@H](O[C@H]2C[C@@](C)(OC)[C@@H](O)[C@H](C)O2)[C@H](C)[C@H](O[C@@H]2O[C@H](C)CC[C@H]2O)[C@](C)(O)C[C@@H](C)/C(=N\OC)[C@H](C)[C@@H](O)[C@]1(C)O. The van der Waals surface area contributed by atoms with Crippen LogP contribution in [-0.4, -0.2) is 130 Å². The second-order valence-electron chi connectivity index (χ2n) is 15.7. The van der Waals surface area contributed by atoms with Crippen LogP contribution < -0.4 is 0 Å². The first-order valence-electron chi connectivity index (χ1n) is 18.1. The van der Waals surface area contributed by atoms with Gasteiger partial charge in [-0.25, -0.2) is 0 Å². The number of methoxy groups -OCH3 is 1. The van der Waals surface area contributed by atoms with Gasteiger partial charge in [0.2, 0.25) is 0 Å². The van der Waals surface area contributed by atoms with Crippen molar-refractivity contribution in [2.75, 3.05) is 14.2 Å². The van der Waals surface area contributed by atoms with Gasteiger partial charge >= 0.3 is 5.97 Å². The molecule has 14 heteroatoms. The summed E-state index contributed by atoms with van der Waals surface area (Å²) in [6.45, 7) is 17.0. The van der Waals surface area contributed by atoms with Crippen LogP contribution in [0.4, 0.5) is 0 Å². The Labute approximate surface area is 297 Å². The lowest BCUT2D eigenvalue weighted by molar-refractivity contribution is -0.314. The summed E-state index contributed by atoms with van der Waals surface area (Å²) in [6.07, 6.45) is -8.15. The monoisotopic (exact) mass is 719 g/mol. The van der Waals surface area contributed by atoms with Crippen molar-refractivity contribution in [1.82, 2.24) is 0 Å². The zero-order chi connectivity index (χ0) is 37.9. The Morgan fingerprint density at radius 2 is 1.52 bits per heavy atom. The van der Waals surface area contributed by atoms with E-state index in [1.165, 1.54) is 21.1 Å². The summed E-state index contributed by atoms with van der Waals surface area (Å²) in [5, 5.41) is 61.8. The predicted molar refractivity (Wildman–Crippen MR) is 183 cm³/mol. The fourth-order valence-electron chi connectivity index (χ4n) is 8.10. The van der Waals surface area contributed by atoms with Gasteiger partial charge in [-0.1, -0.05) is 32.9 Å². The third-order valence-electron chi connectivity index (χ3n) is 11.3. The fourth-order valence-corrected chi connectivity index (χ4v) is 8.10. The highest BCUT2D eigenvalue weighted by Crippen LogP contribution is 2.40. The molecule has 3 fully saturated rings. The highest BCUT2D eigenvalue weighted by atomic mass is 16.7. The van der Waals surface area contributed by atoms with Crippen molar-refractivity contribution in [3.63, 3.8) is 0 Å². The maximum atomic E-state index is 14.1. The summed E-state index contributed by atoms with van der Waals surface area (Å²) < 4.78 is 37.0. The van der Waals surface area contributed by atoms with Gasteiger partial charge in [-0.15, -0.1) is 0 Å². The van der Waals surface area contributed by atoms with Gasteiger partial charge in [0, 0.05) is 31.3 Å². The third kappa shape index (κ3) is 9.36. The minimum Gasteiger partial charge on any atom is -0.459 e. The van der Waals surface area contributed by atoms with Crippen LogP contribution in [0.3, 0.4) is 0 Å². The minimum atomic E-state index is -1.90.